The second-order valence-electron chi connectivity index (χ2n) is 4.34. The van der Waals surface area contributed by atoms with Gasteiger partial charge < -0.3 is 4.90 Å². The van der Waals surface area contributed by atoms with Crippen LogP contribution < -0.4 is 4.90 Å². The molecule has 1 aliphatic rings. The molecule has 0 spiro atoms. The smallest absolute Gasteiger partial charge is 0.0747 e. The van der Waals surface area contributed by atoms with Gasteiger partial charge in [-0.1, -0.05) is 48.5 Å². The number of hydrogen-bond acceptors (Lipinski definition) is 1. The van der Waals surface area contributed by atoms with Crippen molar-refractivity contribution in [2.45, 2.75) is 19.0 Å². The fourth-order valence-electron chi connectivity index (χ4n) is 2.43. The predicted octanol–water partition coefficient (Wildman–Crippen LogP) is 3.64. The Labute approximate surface area is 96.3 Å². The summed E-state index contributed by atoms with van der Waals surface area (Å²) in [6, 6.07) is 22.5. The number of rotatable bonds is 2. The molecule has 3 rings (SSSR count). The fourth-order valence-corrected chi connectivity index (χ4v) is 2.43. The minimum absolute atomic E-state index is 0.559. The van der Waals surface area contributed by atoms with Gasteiger partial charge in [-0.2, -0.15) is 0 Å². The van der Waals surface area contributed by atoms with Crippen molar-refractivity contribution in [2.24, 2.45) is 0 Å². The zero-order valence-corrected chi connectivity index (χ0v) is 9.38. The molecule has 1 nitrogen and oxygen atoms in total. The maximum absolute atomic E-state index is 2.45. The highest BCUT2D eigenvalue weighted by Gasteiger charge is 2.44. The van der Waals surface area contributed by atoms with Crippen LogP contribution in [0.15, 0.2) is 60.7 Å². The first kappa shape index (κ1) is 9.46. The molecule has 80 valence electrons. The van der Waals surface area contributed by atoms with Crippen molar-refractivity contribution in [1.29, 1.82) is 0 Å². The number of benzene rings is 2. The molecule has 0 saturated carbocycles. The van der Waals surface area contributed by atoms with Crippen molar-refractivity contribution < 1.29 is 0 Å². The summed E-state index contributed by atoms with van der Waals surface area (Å²) in [7, 11) is 0. The summed E-state index contributed by atoms with van der Waals surface area (Å²) in [5.41, 5.74) is 2.74. The zero-order chi connectivity index (χ0) is 11.0. The van der Waals surface area contributed by atoms with Crippen molar-refractivity contribution in [3.05, 3.63) is 66.2 Å². The second kappa shape index (κ2) is 3.67. The van der Waals surface area contributed by atoms with E-state index in [4.69, 9.17) is 0 Å². The third-order valence-electron chi connectivity index (χ3n) is 3.30. The molecule has 1 heteroatoms. The summed E-state index contributed by atoms with van der Waals surface area (Å²) in [6.07, 6.45) is 0. The van der Waals surface area contributed by atoms with Crippen LogP contribution in [-0.4, -0.2) is 6.04 Å². The number of para-hydroxylation sites is 1. The normalized spacial score (nSPS) is 23.2. The van der Waals surface area contributed by atoms with E-state index in [0.717, 1.165) is 0 Å². The van der Waals surface area contributed by atoms with Crippen LogP contribution in [0.3, 0.4) is 0 Å². The van der Waals surface area contributed by atoms with Gasteiger partial charge in [0.15, 0.2) is 0 Å². The van der Waals surface area contributed by atoms with Crippen LogP contribution in [0.2, 0.25) is 0 Å². The molecule has 0 unspecified atom stereocenters. The van der Waals surface area contributed by atoms with Gasteiger partial charge in [-0.05, 0) is 24.6 Å². The van der Waals surface area contributed by atoms with Gasteiger partial charge in [-0.25, -0.2) is 0 Å². The van der Waals surface area contributed by atoms with Crippen LogP contribution in [0.4, 0.5) is 5.69 Å². The van der Waals surface area contributed by atoms with Gasteiger partial charge in [0, 0.05) is 5.69 Å². The molecule has 0 N–H and O–H groups in total. The van der Waals surface area contributed by atoms with Crippen LogP contribution in [0.1, 0.15) is 18.5 Å². The highest BCUT2D eigenvalue weighted by molar-refractivity contribution is 5.58. The summed E-state index contributed by atoms with van der Waals surface area (Å²) in [6.45, 7) is 2.28. The van der Waals surface area contributed by atoms with E-state index in [1.807, 2.05) is 0 Å². The Bertz CT molecular complexity index is 418. The Hall–Kier alpha value is -1.76. The quantitative estimate of drug-likeness (QED) is 0.682. The molecule has 1 heterocycles. The number of hydrogen-bond donors (Lipinski definition) is 0. The first-order chi connectivity index (χ1) is 7.88. The zero-order valence-electron chi connectivity index (χ0n) is 9.38. The van der Waals surface area contributed by atoms with Crippen LogP contribution in [0.25, 0.3) is 0 Å². The SMILES string of the molecule is C[C@@H]1[C@H](c2ccccc2)N1c1ccccc1. The Morgan fingerprint density at radius 2 is 1.38 bits per heavy atom. The lowest BCUT2D eigenvalue weighted by atomic mass is 10.1. The molecule has 0 amide bonds. The molecule has 2 aromatic rings. The summed E-state index contributed by atoms with van der Waals surface area (Å²) in [4.78, 5) is 2.45. The lowest BCUT2D eigenvalue weighted by molar-refractivity contribution is 1.04. The standard InChI is InChI=1S/C15H15N/c1-12-15(13-8-4-2-5-9-13)16(12)14-10-6-3-7-11-14/h2-12,15H,1H3/t12-,15-,16?/m1/s1. The Balaban J connectivity index is 1.87. The molecule has 0 bridgehead atoms. The Kier molecular flexibility index (Phi) is 2.17. The molecular formula is C15H15N. The van der Waals surface area contributed by atoms with E-state index in [1.54, 1.807) is 0 Å². The highest BCUT2D eigenvalue weighted by atomic mass is 15.3. The molecule has 0 aromatic heterocycles. The Morgan fingerprint density at radius 1 is 0.812 bits per heavy atom. The second-order valence-corrected chi connectivity index (χ2v) is 4.34. The first-order valence-corrected chi connectivity index (χ1v) is 5.76. The molecular weight excluding hydrogens is 194 g/mol. The summed E-state index contributed by atoms with van der Waals surface area (Å²) in [5, 5.41) is 0. The largest absolute Gasteiger partial charge is 0.357 e. The van der Waals surface area contributed by atoms with Crippen LogP contribution >= 0.6 is 0 Å². The van der Waals surface area contributed by atoms with E-state index >= 15 is 0 Å². The summed E-state index contributed by atoms with van der Waals surface area (Å²) >= 11 is 0. The van der Waals surface area contributed by atoms with E-state index in [9.17, 15) is 0 Å². The van der Waals surface area contributed by atoms with Crippen LogP contribution in [-0.2, 0) is 0 Å². The lowest BCUT2D eigenvalue weighted by Crippen LogP contribution is -1.95. The number of nitrogens with zero attached hydrogens (tertiary/aromatic N) is 1. The van der Waals surface area contributed by atoms with Gasteiger partial charge in [-0.3, -0.25) is 0 Å². The van der Waals surface area contributed by atoms with Crippen molar-refractivity contribution >= 4 is 5.69 Å². The molecule has 1 saturated heterocycles. The first-order valence-electron chi connectivity index (χ1n) is 5.76. The summed E-state index contributed by atoms with van der Waals surface area (Å²) in [5.74, 6) is 0. The van der Waals surface area contributed by atoms with Gasteiger partial charge in [0.2, 0.25) is 0 Å². The van der Waals surface area contributed by atoms with Crippen molar-refractivity contribution in [3.63, 3.8) is 0 Å². The Morgan fingerprint density at radius 3 is 2.00 bits per heavy atom. The van der Waals surface area contributed by atoms with Crippen molar-refractivity contribution in [3.8, 4) is 0 Å². The summed E-state index contributed by atoms with van der Waals surface area (Å²) < 4.78 is 0. The monoisotopic (exact) mass is 209 g/mol. The maximum atomic E-state index is 2.45. The minimum Gasteiger partial charge on any atom is -0.357 e. The topological polar surface area (TPSA) is 3.01 Å². The van der Waals surface area contributed by atoms with Gasteiger partial charge in [0.25, 0.3) is 0 Å². The maximum Gasteiger partial charge on any atom is 0.0747 e. The van der Waals surface area contributed by atoms with Crippen LogP contribution in [0, 0.1) is 0 Å². The van der Waals surface area contributed by atoms with Gasteiger partial charge in [0.05, 0.1) is 12.1 Å². The van der Waals surface area contributed by atoms with Crippen molar-refractivity contribution in [2.75, 3.05) is 4.90 Å². The average molecular weight is 209 g/mol. The van der Waals surface area contributed by atoms with Gasteiger partial charge in [0.1, 0.15) is 0 Å². The highest BCUT2D eigenvalue weighted by Crippen LogP contribution is 2.46. The van der Waals surface area contributed by atoms with E-state index in [1.165, 1.54) is 11.3 Å². The third-order valence-corrected chi connectivity index (χ3v) is 3.30. The average Bonchev–Trinajstić information content (AvgIpc) is 3.03. The van der Waals surface area contributed by atoms with E-state index < -0.39 is 0 Å². The molecule has 2 aromatic carbocycles. The predicted molar refractivity (Wildman–Crippen MR) is 67.6 cm³/mol. The molecule has 1 aliphatic heterocycles. The third kappa shape index (κ3) is 1.49. The van der Waals surface area contributed by atoms with E-state index in [-0.39, 0.29) is 0 Å². The molecule has 2 atom stereocenters. The molecule has 1 fully saturated rings. The van der Waals surface area contributed by atoms with Gasteiger partial charge >= 0.3 is 0 Å². The van der Waals surface area contributed by atoms with E-state index in [2.05, 4.69) is 72.5 Å². The van der Waals surface area contributed by atoms with Crippen LogP contribution in [0.5, 0.6) is 0 Å². The van der Waals surface area contributed by atoms with E-state index in [0.29, 0.717) is 12.1 Å². The molecule has 16 heavy (non-hydrogen) atoms. The fraction of sp³-hybridized carbons (Fsp3) is 0.200. The minimum atomic E-state index is 0.559. The lowest BCUT2D eigenvalue weighted by Gasteiger charge is -2.05. The molecule has 0 radical (unpaired) electrons. The van der Waals surface area contributed by atoms with Gasteiger partial charge in [-0.15, -0.1) is 0 Å². The van der Waals surface area contributed by atoms with Crippen molar-refractivity contribution in [1.82, 2.24) is 0 Å². The molecule has 0 aliphatic carbocycles. The number of anilines is 1.